The Morgan fingerprint density at radius 1 is 0.875 bits per heavy atom. The maximum atomic E-state index is 12.9. The zero-order chi connectivity index (χ0) is 12.6. The van der Waals surface area contributed by atoms with Crippen molar-refractivity contribution in [1.29, 1.82) is 0 Å². The van der Waals surface area contributed by atoms with Crippen molar-refractivity contribution in [2.24, 2.45) is 0 Å². The minimum absolute atomic E-state index is 0.625. The molecule has 0 saturated heterocycles. The van der Waals surface area contributed by atoms with Crippen molar-refractivity contribution in [2.75, 3.05) is 0 Å². The lowest BCUT2D eigenvalue weighted by atomic mass is 10.1. The lowest BCUT2D eigenvalue weighted by Gasteiger charge is -2.07. The van der Waals surface area contributed by atoms with Gasteiger partial charge >= 0.3 is 0 Å². The molecule has 0 spiro atoms. The predicted molar refractivity (Wildman–Crippen MR) is 41.1 cm³/mol. The summed E-state index contributed by atoms with van der Waals surface area (Å²) in [6.45, 7) is 0.625. The molecule has 1 atom stereocenters. The van der Waals surface area contributed by atoms with Gasteiger partial charge in [-0.25, -0.2) is 26.3 Å². The van der Waals surface area contributed by atoms with E-state index in [1.165, 1.54) is 0 Å². The third-order valence-corrected chi connectivity index (χ3v) is 1.82. The van der Waals surface area contributed by atoms with Crippen LogP contribution in [-0.2, 0) is 0 Å². The van der Waals surface area contributed by atoms with E-state index in [2.05, 4.69) is 0 Å². The van der Waals surface area contributed by atoms with E-state index < -0.39 is 46.6 Å². The highest BCUT2D eigenvalue weighted by molar-refractivity contribution is 5.99. The molecule has 0 aliphatic rings. The molecule has 1 aromatic rings. The van der Waals surface area contributed by atoms with Gasteiger partial charge in [0.15, 0.2) is 29.4 Å². The first-order valence-electron chi connectivity index (χ1n) is 3.98. The lowest BCUT2D eigenvalue weighted by Crippen LogP contribution is -2.19. The van der Waals surface area contributed by atoms with Gasteiger partial charge in [-0.15, -0.1) is 0 Å². The number of benzene rings is 1. The van der Waals surface area contributed by atoms with Crippen molar-refractivity contribution in [2.45, 2.75) is 13.1 Å². The molecule has 0 aromatic heterocycles. The molecule has 0 bridgehead atoms. The van der Waals surface area contributed by atoms with Crippen LogP contribution >= 0.6 is 0 Å². The van der Waals surface area contributed by atoms with E-state index >= 15 is 0 Å². The summed E-state index contributed by atoms with van der Waals surface area (Å²) in [5.74, 6) is -13.4. The van der Waals surface area contributed by atoms with Gasteiger partial charge in [0, 0.05) is 0 Å². The van der Waals surface area contributed by atoms with E-state index in [0.29, 0.717) is 6.92 Å². The highest BCUT2D eigenvalue weighted by Gasteiger charge is 2.31. The SMILES string of the molecule is CC(F)C(=O)c1c(F)c(F)c(F)c(F)c1F. The monoisotopic (exact) mass is 242 g/mol. The Hall–Kier alpha value is -1.53. The molecular weight excluding hydrogens is 238 g/mol. The number of rotatable bonds is 2. The first-order valence-corrected chi connectivity index (χ1v) is 3.98. The van der Waals surface area contributed by atoms with Crippen LogP contribution in [0.3, 0.4) is 0 Å². The van der Waals surface area contributed by atoms with Crippen LogP contribution in [0.25, 0.3) is 0 Å². The zero-order valence-corrected chi connectivity index (χ0v) is 7.75. The van der Waals surface area contributed by atoms with E-state index in [1.807, 2.05) is 0 Å². The van der Waals surface area contributed by atoms with Gasteiger partial charge in [-0.1, -0.05) is 0 Å². The molecule has 1 rings (SSSR count). The standard InChI is InChI=1S/C9H4F6O/c1-2(10)9(16)3-4(11)6(13)8(15)7(14)5(3)12/h2H,1H3. The van der Waals surface area contributed by atoms with E-state index in [4.69, 9.17) is 0 Å². The smallest absolute Gasteiger partial charge is 0.202 e. The van der Waals surface area contributed by atoms with Gasteiger partial charge in [-0.2, -0.15) is 0 Å². The fourth-order valence-corrected chi connectivity index (χ4v) is 1.02. The predicted octanol–water partition coefficient (Wildman–Crippen LogP) is 2.92. The molecule has 0 amide bonds. The van der Waals surface area contributed by atoms with E-state index in [1.54, 1.807) is 0 Å². The molecule has 1 aromatic carbocycles. The van der Waals surface area contributed by atoms with E-state index in [-0.39, 0.29) is 0 Å². The molecule has 88 valence electrons. The summed E-state index contributed by atoms with van der Waals surface area (Å²) in [4.78, 5) is 10.9. The average Bonchev–Trinajstić information content (AvgIpc) is 2.23. The molecule has 0 N–H and O–H groups in total. The molecular formula is C9H4F6O. The third-order valence-electron chi connectivity index (χ3n) is 1.82. The van der Waals surface area contributed by atoms with Crippen molar-refractivity contribution in [3.63, 3.8) is 0 Å². The van der Waals surface area contributed by atoms with Gasteiger partial charge in [0.2, 0.25) is 11.6 Å². The maximum absolute atomic E-state index is 12.9. The topological polar surface area (TPSA) is 17.1 Å². The van der Waals surface area contributed by atoms with E-state index in [0.717, 1.165) is 0 Å². The summed E-state index contributed by atoms with van der Waals surface area (Å²) in [6.07, 6.45) is -2.37. The second-order valence-corrected chi connectivity index (χ2v) is 2.93. The second kappa shape index (κ2) is 4.15. The Labute approximate surface area is 85.7 Å². The van der Waals surface area contributed by atoms with Crippen molar-refractivity contribution in [3.8, 4) is 0 Å². The largest absolute Gasteiger partial charge is 0.291 e. The van der Waals surface area contributed by atoms with Gasteiger partial charge in [0.05, 0.1) is 5.56 Å². The molecule has 7 heteroatoms. The fourth-order valence-electron chi connectivity index (χ4n) is 1.02. The van der Waals surface area contributed by atoms with Crippen LogP contribution in [0, 0.1) is 29.1 Å². The summed E-state index contributed by atoms with van der Waals surface area (Å²) in [6, 6.07) is 0. The highest BCUT2D eigenvalue weighted by Crippen LogP contribution is 2.24. The summed E-state index contributed by atoms with van der Waals surface area (Å²) >= 11 is 0. The number of halogens is 6. The highest BCUT2D eigenvalue weighted by atomic mass is 19.2. The van der Waals surface area contributed by atoms with Crippen LogP contribution in [0.1, 0.15) is 17.3 Å². The summed E-state index contributed by atoms with van der Waals surface area (Å²) < 4.78 is 76.0. The quantitative estimate of drug-likeness (QED) is 0.337. The number of Topliss-reactive ketones (excluding diaryl/α,β-unsaturated/α-hetero) is 1. The number of alkyl halides is 1. The average molecular weight is 242 g/mol. The Morgan fingerprint density at radius 2 is 1.19 bits per heavy atom. The summed E-state index contributed by atoms with van der Waals surface area (Å²) in [5.41, 5.74) is -1.76. The minimum atomic E-state index is -2.39. The van der Waals surface area contributed by atoms with Crippen LogP contribution < -0.4 is 0 Å². The molecule has 16 heavy (non-hydrogen) atoms. The molecule has 0 fully saturated rings. The molecule has 0 aliphatic heterocycles. The molecule has 0 aliphatic carbocycles. The Bertz CT molecular complexity index is 425. The number of carbonyl (C=O) groups is 1. The zero-order valence-electron chi connectivity index (χ0n) is 7.75. The van der Waals surface area contributed by atoms with Gasteiger partial charge in [0.1, 0.15) is 0 Å². The normalized spacial score (nSPS) is 12.7. The van der Waals surface area contributed by atoms with Crippen LogP contribution in [-0.4, -0.2) is 12.0 Å². The first kappa shape index (κ1) is 12.5. The molecule has 1 unspecified atom stereocenters. The first-order chi connectivity index (χ1) is 7.29. The van der Waals surface area contributed by atoms with Crippen molar-refractivity contribution in [1.82, 2.24) is 0 Å². The van der Waals surface area contributed by atoms with Crippen LogP contribution in [0.4, 0.5) is 26.3 Å². The van der Waals surface area contributed by atoms with Crippen LogP contribution in [0.2, 0.25) is 0 Å². The van der Waals surface area contributed by atoms with Crippen molar-refractivity contribution in [3.05, 3.63) is 34.6 Å². The summed E-state index contributed by atoms with van der Waals surface area (Å²) in [5, 5.41) is 0. The molecule has 1 nitrogen and oxygen atoms in total. The fraction of sp³-hybridized carbons (Fsp3) is 0.222. The molecule has 0 saturated carbocycles. The van der Waals surface area contributed by atoms with Crippen LogP contribution in [0.5, 0.6) is 0 Å². The second-order valence-electron chi connectivity index (χ2n) is 2.93. The van der Waals surface area contributed by atoms with E-state index in [9.17, 15) is 31.1 Å². The van der Waals surface area contributed by atoms with Crippen molar-refractivity contribution < 1.29 is 31.1 Å². The van der Waals surface area contributed by atoms with Gasteiger partial charge in [-0.3, -0.25) is 4.79 Å². The molecule has 0 heterocycles. The Morgan fingerprint density at radius 3 is 1.50 bits per heavy atom. The Kier molecular flexibility index (Phi) is 3.25. The lowest BCUT2D eigenvalue weighted by molar-refractivity contribution is 0.0880. The number of ketones is 1. The Balaban J connectivity index is 3.58. The summed E-state index contributed by atoms with van der Waals surface area (Å²) in [7, 11) is 0. The molecule has 0 radical (unpaired) electrons. The van der Waals surface area contributed by atoms with Gasteiger partial charge < -0.3 is 0 Å². The van der Waals surface area contributed by atoms with Gasteiger partial charge in [-0.05, 0) is 6.92 Å². The number of hydrogen-bond donors (Lipinski definition) is 0. The van der Waals surface area contributed by atoms with Crippen LogP contribution in [0.15, 0.2) is 0 Å². The van der Waals surface area contributed by atoms with Gasteiger partial charge in [0.25, 0.3) is 0 Å². The maximum Gasteiger partial charge on any atom is 0.202 e. The minimum Gasteiger partial charge on any atom is -0.291 e. The number of hydrogen-bond acceptors (Lipinski definition) is 1. The number of carbonyl (C=O) groups excluding carboxylic acids is 1. The van der Waals surface area contributed by atoms with Crippen molar-refractivity contribution >= 4 is 5.78 Å². The third kappa shape index (κ3) is 1.77.